The highest BCUT2D eigenvalue weighted by molar-refractivity contribution is 6.33. The lowest BCUT2D eigenvalue weighted by Gasteiger charge is -2.14. The average Bonchev–Trinajstić information content (AvgIpc) is 3.46. The summed E-state index contributed by atoms with van der Waals surface area (Å²) < 4.78 is 74.4. The third-order valence-corrected chi connectivity index (χ3v) is 7.33. The fourth-order valence-electron chi connectivity index (χ4n) is 4.49. The van der Waals surface area contributed by atoms with Crippen molar-refractivity contribution in [1.82, 2.24) is 30.0 Å². The van der Waals surface area contributed by atoms with Gasteiger partial charge in [0.25, 0.3) is 0 Å². The van der Waals surface area contributed by atoms with Gasteiger partial charge >= 0.3 is 18.1 Å². The number of aliphatic carboxylic acids is 2. The van der Waals surface area contributed by atoms with E-state index in [0.717, 1.165) is 12.1 Å². The summed E-state index contributed by atoms with van der Waals surface area (Å²) >= 11 is 6.35. The minimum atomic E-state index is -5.08. The number of pyridine rings is 1. The van der Waals surface area contributed by atoms with Crippen molar-refractivity contribution >= 4 is 45.9 Å². The molecule has 0 bridgehead atoms. The van der Waals surface area contributed by atoms with E-state index in [9.17, 15) is 26.7 Å². The summed E-state index contributed by atoms with van der Waals surface area (Å²) in [7, 11) is 0. The van der Waals surface area contributed by atoms with Gasteiger partial charge in [-0.1, -0.05) is 29.8 Å². The van der Waals surface area contributed by atoms with Crippen LogP contribution in [0.15, 0.2) is 61.1 Å². The van der Waals surface area contributed by atoms with E-state index in [1.165, 1.54) is 17.1 Å². The minimum Gasteiger partial charge on any atom is -0.494 e. The number of hydrogen-bond acceptors (Lipinski definition) is 10. The van der Waals surface area contributed by atoms with Crippen LogP contribution in [0.3, 0.4) is 0 Å². The lowest BCUT2D eigenvalue weighted by Crippen LogP contribution is -2.34. The molecule has 4 N–H and O–H groups in total. The Morgan fingerprint density at radius 2 is 1.75 bits per heavy atom. The Labute approximate surface area is 297 Å². The van der Waals surface area contributed by atoms with Crippen LogP contribution in [0.2, 0.25) is 5.02 Å². The third-order valence-electron chi connectivity index (χ3n) is 7.03. The number of fused-ring (bicyclic) bond motifs is 1. The van der Waals surface area contributed by atoms with Crippen LogP contribution in [0.4, 0.5) is 33.5 Å². The van der Waals surface area contributed by atoms with Crippen LogP contribution < -0.4 is 20.1 Å². The van der Waals surface area contributed by atoms with E-state index < -0.39 is 35.8 Å². The first-order chi connectivity index (χ1) is 24.7. The first-order valence-corrected chi connectivity index (χ1v) is 15.8. The second kappa shape index (κ2) is 17.5. The maximum atomic E-state index is 15.0. The number of nitrogens with zero attached hydrogens (tertiary/aromatic N) is 5. The molecule has 0 fully saturated rings. The first-order valence-electron chi connectivity index (χ1n) is 15.4. The SMILES string of the molecule is CCOc1cc(F)c(Cn2nc(-c3ncc(OCCCN[C@@H](C)C(=O)O)c(Nc4ccncc4Cl)n3)c3ccccc32)c(F)c1.O=C(O)C(F)(F)F. The van der Waals surface area contributed by atoms with Gasteiger partial charge in [-0.05, 0) is 38.9 Å². The molecule has 276 valence electrons. The Kier molecular flexibility index (Phi) is 13.2. The fourth-order valence-corrected chi connectivity index (χ4v) is 4.65. The Morgan fingerprint density at radius 1 is 1.06 bits per heavy atom. The maximum Gasteiger partial charge on any atom is 0.490 e. The Morgan fingerprint density at radius 3 is 2.38 bits per heavy atom. The molecule has 0 spiro atoms. The quantitative estimate of drug-likeness (QED) is 0.0720. The predicted molar refractivity (Wildman–Crippen MR) is 179 cm³/mol. The van der Waals surface area contributed by atoms with E-state index in [0.29, 0.717) is 51.8 Å². The molecular formula is C33H31ClF5N7O6. The highest BCUT2D eigenvalue weighted by Crippen LogP contribution is 2.33. The number of nitrogens with one attached hydrogen (secondary N) is 2. The van der Waals surface area contributed by atoms with E-state index in [-0.39, 0.29) is 36.9 Å². The van der Waals surface area contributed by atoms with E-state index >= 15 is 0 Å². The zero-order chi connectivity index (χ0) is 38.0. The lowest BCUT2D eigenvalue weighted by molar-refractivity contribution is -0.192. The molecule has 3 heterocycles. The molecule has 0 aliphatic rings. The topological polar surface area (TPSA) is 174 Å². The molecule has 52 heavy (non-hydrogen) atoms. The number of carboxylic acids is 2. The van der Waals surface area contributed by atoms with Crippen LogP contribution in [0.25, 0.3) is 22.4 Å². The van der Waals surface area contributed by atoms with Crippen LogP contribution in [-0.2, 0) is 16.1 Å². The zero-order valence-electron chi connectivity index (χ0n) is 27.4. The normalized spacial score (nSPS) is 11.8. The van der Waals surface area contributed by atoms with Crippen molar-refractivity contribution in [2.24, 2.45) is 0 Å². The molecule has 0 saturated heterocycles. The number of hydrogen-bond donors (Lipinski definition) is 4. The standard InChI is InChI=1S/C31H30ClF2N7O4.C2HF3O2/c1-3-44-19-13-23(33)21(24(34)14-19)17-41-26-8-5-4-7-20(26)28(40-41)30-37-16-27(45-12-6-10-36-18(2)31(42)43)29(39-30)38-25-9-11-35-15-22(25)32;3-2(4,5)1(6)7/h4-5,7-9,11,13-16,18,36H,3,6,10,12,17H2,1-2H3,(H,42,43)(H,35,37,38,39);(H,6,7)/t18-;/m0./s1. The van der Waals surface area contributed by atoms with Gasteiger partial charge in [0.05, 0.1) is 42.2 Å². The minimum absolute atomic E-state index is 0.110. The van der Waals surface area contributed by atoms with E-state index in [4.69, 9.17) is 41.1 Å². The van der Waals surface area contributed by atoms with Crippen LogP contribution in [0.1, 0.15) is 25.8 Å². The predicted octanol–water partition coefficient (Wildman–Crippen LogP) is 6.48. The maximum absolute atomic E-state index is 15.0. The second-order valence-corrected chi connectivity index (χ2v) is 11.1. The Bertz CT molecular complexity index is 2010. The summed E-state index contributed by atoms with van der Waals surface area (Å²) in [6.07, 6.45) is -0.0220. The van der Waals surface area contributed by atoms with Gasteiger partial charge in [0.15, 0.2) is 17.4 Å². The van der Waals surface area contributed by atoms with Crippen LogP contribution in [-0.4, -0.2) is 78.9 Å². The van der Waals surface area contributed by atoms with Crippen molar-refractivity contribution < 1.29 is 51.2 Å². The molecule has 2 aromatic carbocycles. The van der Waals surface area contributed by atoms with Crippen molar-refractivity contribution in [1.29, 1.82) is 0 Å². The number of carbonyl (C=O) groups is 2. The molecule has 0 unspecified atom stereocenters. The molecule has 0 aliphatic heterocycles. The summed E-state index contributed by atoms with van der Waals surface area (Å²) in [5, 5.41) is 27.9. The summed E-state index contributed by atoms with van der Waals surface area (Å²) in [5.41, 5.74) is 1.37. The molecular weight excluding hydrogens is 721 g/mol. The number of carboxylic acid groups (broad SMARTS) is 2. The molecule has 5 aromatic rings. The van der Waals surface area contributed by atoms with Crippen molar-refractivity contribution in [3.63, 3.8) is 0 Å². The Balaban J connectivity index is 0.000000785. The number of rotatable bonds is 14. The van der Waals surface area contributed by atoms with Gasteiger partial charge in [-0.15, -0.1) is 0 Å². The number of benzene rings is 2. The molecule has 0 saturated carbocycles. The number of alkyl halides is 3. The number of para-hydroxylation sites is 1. The fraction of sp³-hybridized carbons (Fsp3) is 0.273. The number of anilines is 2. The summed E-state index contributed by atoms with van der Waals surface area (Å²) in [6, 6.07) is 10.5. The molecule has 13 nitrogen and oxygen atoms in total. The van der Waals surface area contributed by atoms with E-state index in [1.807, 2.05) is 12.1 Å². The van der Waals surface area contributed by atoms with Gasteiger partial charge in [-0.3, -0.25) is 14.5 Å². The number of ether oxygens (including phenoxy) is 2. The molecule has 3 aromatic heterocycles. The summed E-state index contributed by atoms with van der Waals surface area (Å²) in [4.78, 5) is 33.2. The number of halogens is 6. The molecule has 0 aliphatic carbocycles. The van der Waals surface area contributed by atoms with Gasteiger partial charge < -0.3 is 30.3 Å². The van der Waals surface area contributed by atoms with Crippen molar-refractivity contribution in [2.75, 3.05) is 25.1 Å². The first kappa shape index (κ1) is 39.2. The molecule has 5 rings (SSSR count). The largest absolute Gasteiger partial charge is 0.494 e. The van der Waals surface area contributed by atoms with Gasteiger partial charge in [-0.2, -0.15) is 18.3 Å². The van der Waals surface area contributed by atoms with E-state index in [1.54, 1.807) is 38.2 Å². The smallest absolute Gasteiger partial charge is 0.490 e. The second-order valence-electron chi connectivity index (χ2n) is 10.7. The van der Waals surface area contributed by atoms with Gasteiger partial charge in [0.1, 0.15) is 29.1 Å². The van der Waals surface area contributed by atoms with Crippen LogP contribution in [0, 0.1) is 11.6 Å². The van der Waals surface area contributed by atoms with Gasteiger partial charge in [0, 0.05) is 35.5 Å². The average molecular weight is 752 g/mol. The summed E-state index contributed by atoms with van der Waals surface area (Å²) in [6.45, 7) is 4.06. The highest BCUT2D eigenvalue weighted by atomic mass is 35.5. The van der Waals surface area contributed by atoms with Crippen molar-refractivity contribution in [2.45, 2.75) is 39.0 Å². The van der Waals surface area contributed by atoms with Crippen LogP contribution >= 0.6 is 11.6 Å². The van der Waals surface area contributed by atoms with E-state index in [2.05, 4.69) is 25.7 Å². The monoisotopic (exact) mass is 751 g/mol. The molecule has 0 radical (unpaired) electrons. The van der Waals surface area contributed by atoms with Crippen LogP contribution in [0.5, 0.6) is 11.5 Å². The molecule has 1 atom stereocenters. The zero-order valence-corrected chi connectivity index (χ0v) is 28.2. The molecule has 0 amide bonds. The molecule has 19 heteroatoms. The summed E-state index contributed by atoms with van der Waals surface area (Å²) in [5.74, 6) is -4.23. The third kappa shape index (κ3) is 10.2. The van der Waals surface area contributed by atoms with Crippen molar-refractivity contribution in [3.05, 3.63) is 83.3 Å². The lowest BCUT2D eigenvalue weighted by atomic mass is 10.1. The highest BCUT2D eigenvalue weighted by Gasteiger charge is 2.38. The van der Waals surface area contributed by atoms with Gasteiger partial charge in [0.2, 0.25) is 0 Å². The van der Waals surface area contributed by atoms with Crippen molar-refractivity contribution in [3.8, 4) is 23.0 Å². The Hall–Kier alpha value is -5.62. The van der Waals surface area contributed by atoms with Gasteiger partial charge in [-0.25, -0.2) is 23.5 Å². The number of aromatic nitrogens is 5.